The van der Waals surface area contributed by atoms with Gasteiger partial charge in [-0.15, -0.1) is 0 Å². The van der Waals surface area contributed by atoms with E-state index in [0.717, 1.165) is 0 Å². The fraction of sp³-hybridized carbons (Fsp3) is 0.778. The normalized spacial score (nSPS) is 14.7. The lowest BCUT2D eigenvalue weighted by atomic mass is 9.98. The van der Waals surface area contributed by atoms with Crippen LogP contribution in [0.3, 0.4) is 0 Å². The highest BCUT2D eigenvalue weighted by Gasteiger charge is 2.31. The first kappa shape index (κ1) is 30.3. The first-order valence-corrected chi connectivity index (χ1v) is 12.4. The van der Waals surface area contributed by atoms with Crippen molar-refractivity contribution in [3.63, 3.8) is 0 Å². The summed E-state index contributed by atoms with van der Waals surface area (Å²) in [4.78, 5) is 45.9. The lowest BCUT2D eigenvalue weighted by molar-refractivity contribution is -0.160. The van der Waals surface area contributed by atoms with Gasteiger partial charge in [-0.05, 0) is 48.0 Å². The third-order valence-electron chi connectivity index (χ3n) is 3.46. The van der Waals surface area contributed by atoms with Gasteiger partial charge in [0.05, 0.1) is 10.8 Å². The standard InChI is InChI=1S/C18H32O12P2/c1-17(2,3)14(22)26-10-28-31(24)16(30-13(21)9-7-8-12(19)20)32(25)29-11-27-15(23)18(4,5)6/h16,31-32H,7-11H2,1-6H3,(H,19,20). The van der Waals surface area contributed by atoms with E-state index in [2.05, 4.69) is 0 Å². The van der Waals surface area contributed by atoms with E-state index in [4.69, 9.17) is 28.4 Å². The van der Waals surface area contributed by atoms with Crippen LogP contribution in [0.1, 0.15) is 60.8 Å². The molecule has 0 rings (SSSR count). The largest absolute Gasteiger partial charge is 0.481 e. The van der Waals surface area contributed by atoms with Gasteiger partial charge in [0.2, 0.25) is 21.6 Å². The molecule has 14 heteroatoms. The average Bonchev–Trinajstić information content (AvgIpc) is 2.63. The summed E-state index contributed by atoms with van der Waals surface area (Å²) in [5.41, 5.74) is -3.52. The predicted octanol–water partition coefficient (Wildman–Crippen LogP) is 3.14. The zero-order valence-electron chi connectivity index (χ0n) is 19.1. The molecule has 0 aliphatic heterocycles. The Bertz CT molecular complexity index is 676. The molecular weight excluding hydrogens is 470 g/mol. The molecule has 0 heterocycles. The van der Waals surface area contributed by atoms with Crippen LogP contribution in [0.4, 0.5) is 0 Å². The van der Waals surface area contributed by atoms with E-state index in [1.807, 2.05) is 0 Å². The van der Waals surface area contributed by atoms with Crippen LogP contribution in [0.5, 0.6) is 0 Å². The lowest BCUT2D eigenvalue weighted by Crippen LogP contribution is -2.24. The van der Waals surface area contributed by atoms with E-state index in [1.54, 1.807) is 41.5 Å². The zero-order valence-corrected chi connectivity index (χ0v) is 21.1. The van der Waals surface area contributed by atoms with Crippen molar-refractivity contribution >= 4 is 39.9 Å². The van der Waals surface area contributed by atoms with E-state index in [-0.39, 0.29) is 19.3 Å². The van der Waals surface area contributed by atoms with E-state index >= 15 is 0 Å². The highest BCUT2D eigenvalue weighted by atomic mass is 31.2. The number of carbonyl (C=O) groups excluding carboxylic acids is 3. The summed E-state index contributed by atoms with van der Waals surface area (Å²) in [7, 11) is -6.80. The van der Waals surface area contributed by atoms with Crippen molar-refractivity contribution in [3.8, 4) is 0 Å². The number of carbonyl (C=O) groups is 4. The van der Waals surface area contributed by atoms with Crippen molar-refractivity contribution in [2.45, 2.75) is 66.4 Å². The van der Waals surface area contributed by atoms with E-state index in [9.17, 15) is 28.3 Å². The van der Waals surface area contributed by atoms with Crippen molar-refractivity contribution in [2.75, 3.05) is 13.6 Å². The Labute approximate surface area is 188 Å². The molecule has 0 aromatic rings. The van der Waals surface area contributed by atoms with Gasteiger partial charge in [0, 0.05) is 12.8 Å². The molecule has 0 amide bonds. The van der Waals surface area contributed by atoms with Gasteiger partial charge >= 0.3 is 23.9 Å². The SMILES string of the molecule is CC(C)(C)C(=O)OCO[PH](=O)C(OC(=O)CCCC(=O)O)[PH](=O)OCOC(=O)C(C)(C)C. The minimum Gasteiger partial charge on any atom is -0.481 e. The number of ether oxygens (including phenoxy) is 3. The van der Waals surface area contributed by atoms with Gasteiger partial charge in [0.15, 0.2) is 13.6 Å². The fourth-order valence-electron chi connectivity index (χ4n) is 1.63. The Morgan fingerprint density at radius 3 is 1.53 bits per heavy atom. The second-order valence-corrected chi connectivity index (χ2v) is 12.1. The maximum Gasteiger partial charge on any atom is 0.313 e. The molecule has 0 aromatic heterocycles. The summed E-state index contributed by atoms with van der Waals surface area (Å²) in [6.45, 7) is 8.05. The van der Waals surface area contributed by atoms with Crippen LogP contribution in [0.2, 0.25) is 0 Å². The molecule has 0 radical (unpaired) electrons. The van der Waals surface area contributed by atoms with E-state index in [0.29, 0.717) is 0 Å². The molecule has 32 heavy (non-hydrogen) atoms. The lowest BCUT2D eigenvalue weighted by Gasteiger charge is -2.20. The molecule has 0 spiro atoms. The highest BCUT2D eigenvalue weighted by molar-refractivity contribution is 7.58. The number of esters is 3. The van der Waals surface area contributed by atoms with Crippen LogP contribution in [0, 0.1) is 10.8 Å². The number of hydrogen-bond donors (Lipinski definition) is 1. The first-order chi connectivity index (χ1) is 14.6. The number of hydrogen-bond acceptors (Lipinski definition) is 11. The molecule has 2 unspecified atom stereocenters. The number of aliphatic carboxylic acids is 1. The summed E-state index contributed by atoms with van der Waals surface area (Å²) in [6.07, 6.45) is -0.704. The zero-order chi connectivity index (χ0) is 25.1. The highest BCUT2D eigenvalue weighted by Crippen LogP contribution is 2.47. The predicted molar refractivity (Wildman–Crippen MR) is 112 cm³/mol. The summed E-state index contributed by atoms with van der Waals surface area (Å²) < 4.78 is 49.2. The molecule has 0 saturated carbocycles. The molecule has 0 aliphatic rings. The Balaban J connectivity index is 5.00. The third kappa shape index (κ3) is 13.0. The van der Waals surface area contributed by atoms with Crippen LogP contribution in [0.25, 0.3) is 0 Å². The van der Waals surface area contributed by atoms with Crippen LogP contribution < -0.4 is 0 Å². The Morgan fingerprint density at radius 1 is 0.781 bits per heavy atom. The smallest absolute Gasteiger partial charge is 0.313 e. The van der Waals surface area contributed by atoms with Gasteiger partial charge in [-0.1, -0.05) is 0 Å². The molecule has 0 aliphatic carbocycles. The molecule has 12 nitrogen and oxygen atoms in total. The summed E-state index contributed by atoms with van der Waals surface area (Å²) in [5.74, 6) is -3.39. The second kappa shape index (κ2) is 13.7. The Morgan fingerprint density at radius 2 is 1.19 bits per heavy atom. The number of rotatable bonds is 13. The first-order valence-electron chi connectivity index (χ1n) is 9.64. The van der Waals surface area contributed by atoms with Crippen LogP contribution in [-0.2, 0) is 51.6 Å². The number of carboxylic acids is 1. The quantitative estimate of drug-likeness (QED) is 0.169. The minimum atomic E-state index is -3.40. The van der Waals surface area contributed by atoms with Crippen molar-refractivity contribution in [1.29, 1.82) is 0 Å². The van der Waals surface area contributed by atoms with Crippen LogP contribution >= 0.6 is 16.1 Å². The molecule has 2 atom stereocenters. The summed E-state index contributed by atoms with van der Waals surface area (Å²) >= 11 is 0. The van der Waals surface area contributed by atoms with Gasteiger partial charge in [-0.2, -0.15) is 0 Å². The summed E-state index contributed by atoms with van der Waals surface area (Å²) in [5, 5.41) is 8.62. The molecule has 1 N–H and O–H groups in total. The molecule has 0 bridgehead atoms. The summed E-state index contributed by atoms with van der Waals surface area (Å²) in [6, 6.07) is 0. The van der Waals surface area contributed by atoms with E-state index < -0.39 is 69.9 Å². The van der Waals surface area contributed by atoms with Gasteiger partial charge < -0.3 is 19.3 Å². The van der Waals surface area contributed by atoms with Gasteiger partial charge in [0.1, 0.15) is 0 Å². The number of carboxylic acid groups (broad SMARTS) is 1. The Hall–Kier alpha value is -1.74. The molecular formula is C18H32O12P2. The topological polar surface area (TPSA) is 169 Å². The van der Waals surface area contributed by atoms with Gasteiger partial charge in [0.25, 0.3) is 0 Å². The second-order valence-electron chi connectivity index (χ2n) is 8.64. The average molecular weight is 502 g/mol. The minimum absolute atomic E-state index is 0.0587. The third-order valence-corrected chi connectivity index (χ3v) is 6.77. The Kier molecular flexibility index (Phi) is 13.0. The van der Waals surface area contributed by atoms with Crippen LogP contribution in [-0.4, -0.2) is 48.2 Å². The van der Waals surface area contributed by atoms with Crippen molar-refractivity contribution < 1.29 is 56.7 Å². The van der Waals surface area contributed by atoms with Gasteiger partial charge in [-0.3, -0.25) is 37.4 Å². The maximum atomic E-state index is 12.4. The van der Waals surface area contributed by atoms with Gasteiger partial charge in [-0.25, -0.2) is 0 Å². The molecule has 186 valence electrons. The maximum absolute atomic E-state index is 12.4. The van der Waals surface area contributed by atoms with Crippen molar-refractivity contribution in [2.24, 2.45) is 10.8 Å². The van der Waals surface area contributed by atoms with Crippen LogP contribution in [0.15, 0.2) is 0 Å². The molecule has 0 saturated heterocycles. The molecule has 0 fully saturated rings. The van der Waals surface area contributed by atoms with Crippen molar-refractivity contribution in [1.82, 2.24) is 0 Å². The molecule has 0 aromatic carbocycles. The monoisotopic (exact) mass is 502 g/mol. The van der Waals surface area contributed by atoms with Crippen molar-refractivity contribution in [3.05, 3.63) is 0 Å². The van der Waals surface area contributed by atoms with E-state index in [1.165, 1.54) is 0 Å². The fourth-order valence-corrected chi connectivity index (χ4v) is 4.01.